The highest BCUT2D eigenvalue weighted by atomic mass is 19.1. The first-order valence-corrected chi connectivity index (χ1v) is 7.05. The van der Waals surface area contributed by atoms with Crippen molar-refractivity contribution in [2.24, 2.45) is 11.8 Å². The molecule has 19 heavy (non-hydrogen) atoms. The lowest BCUT2D eigenvalue weighted by Gasteiger charge is -2.27. The fourth-order valence-electron chi connectivity index (χ4n) is 2.70. The zero-order chi connectivity index (χ0) is 13.7. The summed E-state index contributed by atoms with van der Waals surface area (Å²) in [6, 6.07) is 6.28. The van der Waals surface area contributed by atoms with Crippen LogP contribution in [-0.2, 0) is 0 Å². The Morgan fingerprint density at radius 1 is 1.26 bits per heavy atom. The Bertz CT molecular complexity index is 458. The maximum atomic E-state index is 13.6. The highest BCUT2D eigenvalue weighted by Crippen LogP contribution is 2.31. The molecule has 0 aromatic heterocycles. The normalized spacial score (nSPS) is 22.8. The van der Waals surface area contributed by atoms with Crippen molar-refractivity contribution in [2.75, 3.05) is 6.61 Å². The van der Waals surface area contributed by atoms with Gasteiger partial charge < -0.3 is 4.74 Å². The van der Waals surface area contributed by atoms with Crippen molar-refractivity contribution >= 4 is 0 Å². The van der Waals surface area contributed by atoms with Crippen molar-refractivity contribution < 1.29 is 9.13 Å². The molecular formula is C16H20FNO. The van der Waals surface area contributed by atoms with Gasteiger partial charge in [-0.3, -0.25) is 0 Å². The molecule has 3 heteroatoms. The fourth-order valence-corrected chi connectivity index (χ4v) is 2.70. The fraction of sp³-hybridized carbons (Fsp3) is 0.562. The lowest BCUT2D eigenvalue weighted by Crippen LogP contribution is -2.20. The van der Waals surface area contributed by atoms with Gasteiger partial charge in [-0.25, -0.2) is 4.39 Å². The molecule has 0 spiro atoms. The van der Waals surface area contributed by atoms with Gasteiger partial charge in [-0.1, -0.05) is 26.2 Å². The van der Waals surface area contributed by atoms with Crippen LogP contribution >= 0.6 is 0 Å². The molecule has 1 aliphatic rings. The second-order valence-electron chi connectivity index (χ2n) is 5.36. The van der Waals surface area contributed by atoms with E-state index in [0.29, 0.717) is 18.1 Å². The molecule has 0 aliphatic heterocycles. The van der Waals surface area contributed by atoms with Crippen LogP contribution in [0.25, 0.3) is 0 Å². The van der Waals surface area contributed by atoms with Crippen LogP contribution in [-0.4, -0.2) is 6.61 Å². The largest absolute Gasteiger partial charge is 0.490 e. The molecule has 0 amide bonds. The van der Waals surface area contributed by atoms with E-state index in [1.165, 1.54) is 38.2 Å². The van der Waals surface area contributed by atoms with Gasteiger partial charge in [0.05, 0.1) is 18.2 Å². The van der Waals surface area contributed by atoms with E-state index in [1.807, 2.05) is 6.07 Å². The SMILES string of the molecule is CCC1CCC(COc2ccc(C#N)cc2F)CC1. The minimum Gasteiger partial charge on any atom is -0.490 e. The van der Waals surface area contributed by atoms with E-state index in [4.69, 9.17) is 10.00 Å². The molecule has 2 rings (SSSR count). The van der Waals surface area contributed by atoms with Gasteiger partial charge in [-0.05, 0) is 42.9 Å². The number of halogens is 1. The molecule has 1 aromatic carbocycles. The van der Waals surface area contributed by atoms with Gasteiger partial charge in [-0.15, -0.1) is 0 Å². The third-order valence-electron chi connectivity index (χ3n) is 4.08. The minimum absolute atomic E-state index is 0.261. The average molecular weight is 261 g/mol. The van der Waals surface area contributed by atoms with Gasteiger partial charge in [0.15, 0.2) is 11.6 Å². The predicted molar refractivity (Wildman–Crippen MR) is 72.3 cm³/mol. The lowest BCUT2D eigenvalue weighted by atomic mass is 9.81. The summed E-state index contributed by atoms with van der Waals surface area (Å²) in [6.45, 7) is 2.83. The van der Waals surface area contributed by atoms with Gasteiger partial charge in [-0.2, -0.15) is 5.26 Å². The number of nitrogens with zero attached hydrogens (tertiary/aromatic N) is 1. The molecule has 0 heterocycles. The Morgan fingerprint density at radius 2 is 1.95 bits per heavy atom. The standard InChI is InChI=1S/C16H20FNO/c1-2-12-3-5-13(6-4-12)11-19-16-8-7-14(10-18)9-15(16)17/h7-9,12-13H,2-6,11H2,1H3. The van der Waals surface area contributed by atoms with Crippen molar-refractivity contribution in [1.29, 1.82) is 5.26 Å². The second kappa shape index (κ2) is 6.56. The van der Waals surface area contributed by atoms with Gasteiger partial charge in [0.2, 0.25) is 0 Å². The summed E-state index contributed by atoms with van der Waals surface area (Å²) < 4.78 is 19.2. The van der Waals surface area contributed by atoms with Crippen LogP contribution in [0.15, 0.2) is 18.2 Å². The van der Waals surface area contributed by atoms with Crippen LogP contribution in [0.1, 0.15) is 44.6 Å². The van der Waals surface area contributed by atoms with Crippen LogP contribution in [0.2, 0.25) is 0 Å². The third kappa shape index (κ3) is 3.70. The van der Waals surface area contributed by atoms with E-state index in [-0.39, 0.29) is 5.75 Å². The summed E-state index contributed by atoms with van der Waals surface area (Å²) >= 11 is 0. The Morgan fingerprint density at radius 3 is 2.53 bits per heavy atom. The van der Waals surface area contributed by atoms with Crippen molar-refractivity contribution in [3.8, 4) is 11.8 Å². The summed E-state index contributed by atoms with van der Waals surface area (Å²) in [5, 5.41) is 8.68. The third-order valence-corrected chi connectivity index (χ3v) is 4.08. The maximum Gasteiger partial charge on any atom is 0.166 e. The average Bonchev–Trinajstić information content (AvgIpc) is 2.46. The first-order valence-electron chi connectivity index (χ1n) is 7.05. The van der Waals surface area contributed by atoms with E-state index in [0.717, 1.165) is 5.92 Å². The lowest BCUT2D eigenvalue weighted by molar-refractivity contribution is 0.176. The topological polar surface area (TPSA) is 33.0 Å². The molecular weight excluding hydrogens is 241 g/mol. The van der Waals surface area contributed by atoms with E-state index in [1.54, 1.807) is 12.1 Å². The Kier molecular flexibility index (Phi) is 4.79. The highest BCUT2D eigenvalue weighted by molar-refractivity contribution is 5.35. The predicted octanol–water partition coefficient (Wildman–Crippen LogP) is 4.29. The van der Waals surface area contributed by atoms with Gasteiger partial charge in [0, 0.05) is 0 Å². The van der Waals surface area contributed by atoms with Crippen molar-refractivity contribution in [3.63, 3.8) is 0 Å². The van der Waals surface area contributed by atoms with Crippen molar-refractivity contribution in [1.82, 2.24) is 0 Å². The quantitative estimate of drug-likeness (QED) is 0.809. The van der Waals surface area contributed by atoms with Crippen molar-refractivity contribution in [2.45, 2.75) is 39.0 Å². The van der Waals surface area contributed by atoms with E-state index in [9.17, 15) is 4.39 Å². The van der Waals surface area contributed by atoms with Crippen molar-refractivity contribution in [3.05, 3.63) is 29.6 Å². The van der Waals surface area contributed by atoms with E-state index < -0.39 is 5.82 Å². The monoisotopic (exact) mass is 261 g/mol. The van der Waals surface area contributed by atoms with Gasteiger partial charge in [0.1, 0.15) is 0 Å². The van der Waals surface area contributed by atoms with Crippen LogP contribution in [0.3, 0.4) is 0 Å². The molecule has 102 valence electrons. The Labute approximate surface area is 114 Å². The number of hydrogen-bond acceptors (Lipinski definition) is 2. The number of rotatable bonds is 4. The van der Waals surface area contributed by atoms with E-state index in [2.05, 4.69) is 6.92 Å². The summed E-state index contributed by atoms with van der Waals surface area (Å²) in [7, 11) is 0. The molecule has 0 unspecified atom stereocenters. The molecule has 0 saturated heterocycles. The van der Waals surface area contributed by atoms with Crippen LogP contribution < -0.4 is 4.74 Å². The smallest absolute Gasteiger partial charge is 0.166 e. The molecule has 1 aliphatic carbocycles. The molecule has 2 nitrogen and oxygen atoms in total. The summed E-state index contributed by atoms with van der Waals surface area (Å²) in [6.07, 6.45) is 6.14. The first-order chi connectivity index (χ1) is 9.22. The molecule has 1 fully saturated rings. The number of hydrogen-bond donors (Lipinski definition) is 0. The summed E-state index contributed by atoms with van der Waals surface area (Å²) in [5.74, 6) is 1.22. The number of ether oxygens (including phenoxy) is 1. The van der Waals surface area contributed by atoms with Crippen LogP contribution in [0.5, 0.6) is 5.75 Å². The number of benzene rings is 1. The van der Waals surface area contributed by atoms with E-state index >= 15 is 0 Å². The van der Waals surface area contributed by atoms with Gasteiger partial charge in [0.25, 0.3) is 0 Å². The molecule has 0 N–H and O–H groups in total. The zero-order valence-corrected chi connectivity index (χ0v) is 11.4. The molecule has 1 aromatic rings. The summed E-state index contributed by atoms with van der Waals surface area (Å²) in [5.41, 5.74) is 0.327. The minimum atomic E-state index is -0.443. The molecule has 0 radical (unpaired) electrons. The highest BCUT2D eigenvalue weighted by Gasteiger charge is 2.20. The molecule has 0 bridgehead atoms. The Hall–Kier alpha value is -1.56. The maximum absolute atomic E-state index is 13.6. The van der Waals surface area contributed by atoms with Gasteiger partial charge >= 0.3 is 0 Å². The Balaban J connectivity index is 1.85. The molecule has 1 saturated carbocycles. The summed E-state index contributed by atoms with van der Waals surface area (Å²) in [4.78, 5) is 0. The number of nitriles is 1. The second-order valence-corrected chi connectivity index (χ2v) is 5.36. The van der Waals surface area contributed by atoms with Crippen LogP contribution in [0.4, 0.5) is 4.39 Å². The zero-order valence-electron chi connectivity index (χ0n) is 11.4. The first kappa shape index (κ1) is 13.9. The van der Waals surface area contributed by atoms with Crippen LogP contribution in [0, 0.1) is 29.0 Å². The molecule has 0 atom stereocenters.